The lowest BCUT2D eigenvalue weighted by Gasteiger charge is -2.33. The molecule has 0 bridgehead atoms. The monoisotopic (exact) mass is 460 g/mol. The number of para-hydroxylation sites is 1. The first-order valence-electron chi connectivity index (χ1n) is 10.4. The summed E-state index contributed by atoms with van der Waals surface area (Å²) >= 11 is 6.09. The van der Waals surface area contributed by atoms with Gasteiger partial charge in [-0.3, -0.25) is 9.59 Å². The first kappa shape index (κ1) is 23.5. The van der Waals surface area contributed by atoms with Crippen LogP contribution in [0.4, 0.5) is 14.9 Å². The van der Waals surface area contributed by atoms with Crippen LogP contribution in [0.5, 0.6) is 0 Å². The molecule has 1 aliphatic heterocycles. The Morgan fingerprint density at radius 3 is 2.41 bits per heavy atom. The summed E-state index contributed by atoms with van der Waals surface area (Å²) < 4.78 is 14.0. The summed E-state index contributed by atoms with van der Waals surface area (Å²) in [6, 6.07) is 11.9. The molecule has 170 valence electrons. The number of rotatable bonds is 6. The third kappa shape index (κ3) is 6.43. The van der Waals surface area contributed by atoms with Crippen LogP contribution in [0.2, 0.25) is 5.02 Å². The highest BCUT2D eigenvalue weighted by atomic mass is 35.5. The molecule has 1 saturated heterocycles. The molecular weight excluding hydrogens is 435 g/mol. The molecule has 9 heteroatoms. The van der Waals surface area contributed by atoms with Crippen LogP contribution in [0.1, 0.15) is 25.3 Å². The second-order valence-corrected chi connectivity index (χ2v) is 8.14. The first-order chi connectivity index (χ1) is 15.3. The molecule has 1 heterocycles. The van der Waals surface area contributed by atoms with Crippen LogP contribution < -0.4 is 16.0 Å². The predicted molar refractivity (Wildman–Crippen MR) is 121 cm³/mol. The van der Waals surface area contributed by atoms with Gasteiger partial charge in [-0.1, -0.05) is 41.9 Å². The summed E-state index contributed by atoms with van der Waals surface area (Å²) in [5.41, 5.74) is 0.897. The molecule has 0 radical (unpaired) electrons. The normalized spacial score (nSPS) is 15.0. The van der Waals surface area contributed by atoms with E-state index in [0.717, 1.165) is 0 Å². The smallest absolute Gasteiger partial charge is 0.321 e. The van der Waals surface area contributed by atoms with Crippen LogP contribution in [-0.4, -0.2) is 47.9 Å². The summed E-state index contributed by atoms with van der Waals surface area (Å²) in [7, 11) is 0. The van der Waals surface area contributed by atoms with Gasteiger partial charge in [0.05, 0.1) is 10.7 Å². The fraction of sp³-hybridized carbons (Fsp3) is 0.348. The second-order valence-electron chi connectivity index (χ2n) is 7.73. The van der Waals surface area contributed by atoms with Gasteiger partial charge in [-0.2, -0.15) is 0 Å². The van der Waals surface area contributed by atoms with E-state index >= 15 is 0 Å². The zero-order valence-electron chi connectivity index (χ0n) is 17.7. The van der Waals surface area contributed by atoms with Gasteiger partial charge in [-0.15, -0.1) is 0 Å². The van der Waals surface area contributed by atoms with Crippen molar-refractivity contribution in [2.45, 2.75) is 38.3 Å². The number of halogens is 2. The fourth-order valence-corrected chi connectivity index (χ4v) is 3.81. The molecule has 3 N–H and O–H groups in total. The zero-order valence-corrected chi connectivity index (χ0v) is 18.5. The van der Waals surface area contributed by atoms with Crippen molar-refractivity contribution < 1.29 is 18.8 Å². The number of carbonyl (C=O) groups is 3. The van der Waals surface area contributed by atoms with Gasteiger partial charge in [0.25, 0.3) is 0 Å². The highest BCUT2D eigenvalue weighted by Crippen LogP contribution is 2.21. The summed E-state index contributed by atoms with van der Waals surface area (Å²) in [5, 5.41) is 8.78. The van der Waals surface area contributed by atoms with E-state index in [1.807, 2.05) is 0 Å². The Morgan fingerprint density at radius 1 is 1.09 bits per heavy atom. The van der Waals surface area contributed by atoms with Crippen molar-refractivity contribution in [3.63, 3.8) is 0 Å². The van der Waals surface area contributed by atoms with Crippen molar-refractivity contribution in [1.29, 1.82) is 0 Å². The van der Waals surface area contributed by atoms with Crippen molar-refractivity contribution in [3.05, 3.63) is 64.9 Å². The van der Waals surface area contributed by atoms with Gasteiger partial charge >= 0.3 is 6.03 Å². The maximum absolute atomic E-state index is 14.0. The fourth-order valence-electron chi connectivity index (χ4n) is 3.62. The number of carbonyl (C=O) groups excluding carboxylic acids is 3. The molecule has 32 heavy (non-hydrogen) atoms. The van der Waals surface area contributed by atoms with Gasteiger partial charge in [0.2, 0.25) is 11.8 Å². The highest BCUT2D eigenvalue weighted by molar-refractivity contribution is 6.33. The second kappa shape index (κ2) is 10.9. The lowest BCUT2D eigenvalue weighted by atomic mass is 10.0. The number of piperidine rings is 1. The summed E-state index contributed by atoms with van der Waals surface area (Å²) in [6.45, 7) is 2.23. The van der Waals surface area contributed by atoms with Gasteiger partial charge in [0.1, 0.15) is 11.9 Å². The minimum absolute atomic E-state index is 0.0528. The first-order valence-corrected chi connectivity index (χ1v) is 10.8. The van der Waals surface area contributed by atoms with Crippen LogP contribution in [0, 0.1) is 5.82 Å². The summed E-state index contributed by atoms with van der Waals surface area (Å²) in [5.74, 6) is -1.16. The topological polar surface area (TPSA) is 90.5 Å². The molecule has 0 spiro atoms. The maximum Gasteiger partial charge on any atom is 0.321 e. The SMILES string of the molecule is CC(=O)N[C@@H](Cc1ccccc1F)C(=O)NC1CCN(C(=O)Nc2ccccc2Cl)CC1. The Hall–Kier alpha value is -3.13. The van der Waals surface area contributed by atoms with Crippen molar-refractivity contribution in [2.24, 2.45) is 0 Å². The number of nitrogens with zero attached hydrogens (tertiary/aromatic N) is 1. The van der Waals surface area contributed by atoms with Crippen molar-refractivity contribution >= 4 is 35.1 Å². The van der Waals surface area contributed by atoms with E-state index in [9.17, 15) is 18.8 Å². The van der Waals surface area contributed by atoms with E-state index in [1.165, 1.54) is 13.0 Å². The van der Waals surface area contributed by atoms with E-state index in [2.05, 4.69) is 16.0 Å². The molecular formula is C23H26ClFN4O3. The average Bonchev–Trinajstić information content (AvgIpc) is 2.76. The number of likely N-dealkylation sites (tertiary alicyclic amines) is 1. The van der Waals surface area contributed by atoms with E-state index in [-0.39, 0.29) is 30.3 Å². The number of nitrogens with one attached hydrogen (secondary N) is 3. The number of hydrogen-bond acceptors (Lipinski definition) is 3. The Morgan fingerprint density at radius 2 is 1.75 bits per heavy atom. The van der Waals surface area contributed by atoms with Crippen molar-refractivity contribution in [1.82, 2.24) is 15.5 Å². The number of benzene rings is 2. The molecule has 4 amide bonds. The lowest BCUT2D eigenvalue weighted by molar-refractivity contribution is -0.128. The number of urea groups is 1. The van der Waals surface area contributed by atoms with Crippen LogP contribution in [0.3, 0.4) is 0 Å². The minimum Gasteiger partial charge on any atom is -0.351 e. The van der Waals surface area contributed by atoms with Gasteiger partial charge < -0.3 is 20.9 Å². The van der Waals surface area contributed by atoms with Gasteiger partial charge in [-0.25, -0.2) is 9.18 Å². The van der Waals surface area contributed by atoms with Crippen LogP contribution in [-0.2, 0) is 16.0 Å². The van der Waals surface area contributed by atoms with Crippen molar-refractivity contribution in [3.8, 4) is 0 Å². The predicted octanol–water partition coefficient (Wildman–Crippen LogP) is 3.34. The molecule has 1 atom stereocenters. The summed E-state index contributed by atoms with van der Waals surface area (Å²) in [4.78, 5) is 38.5. The van der Waals surface area contributed by atoms with Crippen LogP contribution >= 0.6 is 11.6 Å². The van der Waals surface area contributed by atoms with Gasteiger partial charge in [0.15, 0.2) is 0 Å². The van der Waals surface area contributed by atoms with Gasteiger partial charge in [0, 0.05) is 32.5 Å². The molecule has 1 aliphatic rings. The molecule has 2 aromatic rings. The largest absolute Gasteiger partial charge is 0.351 e. The number of anilines is 1. The summed E-state index contributed by atoms with van der Waals surface area (Å²) in [6.07, 6.45) is 1.18. The quantitative estimate of drug-likeness (QED) is 0.617. The molecule has 3 rings (SSSR count). The standard InChI is InChI=1S/C23H26ClFN4O3/c1-15(30)26-21(14-16-6-2-4-8-19(16)25)22(31)27-17-10-12-29(13-11-17)23(32)28-20-9-5-3-7-18(20)24/h2-9,17,21H,10-14H2,1H3,(H,26,30)(H,27,31)(H,28,32)/t21-/m0/s1. The van der Waals surface area contributed by atoms with E-state index in [4.69, 9.17) is 11.6 Å². The Kier molecular flexibility index (Phi) is 8.05. The third-order valence-electron chi connectivity index (χ3n) is 5.32. The van der Waals surface area contributed by atoms with E-state index in [0.29, 0.717) is 42.2 Å². The maximum atomic E-state index is 14.0. The zero-order chi connectivity index (χ0) is 23.1. The molecule has 1 fully saturated rings. The van der Waals surface area contributed by atoms with E-state index < -0.39 is 11.9 Å². The average molecular weight is 461 g/mol. The molecule has 0 unspecified atom stereocenters. The molecule has 0 aromatic heterocycles. The van der Waals surface area contributed by atoms with Crippen molar-refractivity contribution in [2.75, 3.05) is 18.4 Å². The molecule has 7 nitrogen and oxygen atoms in total. The molecule has 0 aliphatic carbocycles. The molecule has 0 saturated carbocycles. The Bertz CT molecular complexity index is 979. The van der Waals surface area contributed by atoms with Crippen LogP contribution in [0.25, 0.3) is 0 Å². The highest BCUT2D eigenvalue weighted by Gasteiger charge is 2.27. The molecule has 2 aromatic carbocycles. The van der Waals surface area contributed by atoms with Gasteiger partial charge in [-0.05, 0) is 36.6 Å². The Balaban J connectivity index is 1.53. The number of hydrogen-bond donors (Lipinski definition) is 3. The third-order valence-corrected chi connectivity index (χ3v) is 5.65. The van der Waals surface area contributed by atoms with E-state index in [1.54, 1.807) is 47.4 Å². The van der Waals surface area contributed by atoms with Crippen LogP contribution in [0.15, 0.2) is 48.5 Å². The minimum atomic E-state index is -0.883. The number of amides is 4. The Labute approximate surface area is 191 Å². The lowest BCUT2D eigenvalue weighted by Crippen LogP contribution is -2.53.